The van der Waals surface area contributed by atoms with Crippen LogP contribution in [0.15, 0.2) is 91.0 Å². The van der Waals surface area contributed by atoms with Gasteiger partial charge in [-0.25, -0.2) is 0 Å². The van der Waals surface area contributed by atoms with Crippen LogP contribution < -0.4 is 0 Å². The number of nitrogens with zero attached hydrogens (tertiary/aromatic N) is 4. The number of piperidine rings is 1. The third-order valence-electron chi connectivity index (χ3n) is 10.9. The molecule has 2 aliphatic heterocycles. The van der Waals surface area contributed by atoms with Crippen LogP contribution in [0, 0.1) is 5.92 Å². The molecular weight excluding hydrogens is 661 g/mol. The van der Waals surface area contributed by atoms with Gasteiger partial charge in [-0.15, -0.1) is 11.3 Å². The molecule has 0 atom stereocenters. The molecule has 276 valence electrons. The van der Waals surface area contributed by atoms with E-state index in [0.29, 0.717) is 12.5 Å². The van der Waals surface area contributed by atoms with Crippen molar-refractivity contribution >= 4 is 23.2 Å². The number of hydrogen-bond donors (Lipinski definition) is 0. The summed E-state index contributed by atoms with van der Waals surface area (Å²) in [5.41, 5.74) is 5.41. The Kier molecular flexibility index (Phi) is 13.7. The summed E-state index contributed by atoms with van der Waals surface area (Å²) < 4.78 is 0. The van der Waals surface area contributed by atoms with Crippen LogP contribution in [0.5, 0.6) is 0 Å². The molecule has 6 rings (SSSR count). The smallest absolute Gasteiger partial charge is 0.264 e. The SMILES string of the molecule is CCCCCc1ccc(C(=O)N(Cc2ccc(-c3ccc(C(=O)N4CCN(Cc5ccccc5)CC4)cc3)cc2)C2CCN(CCC(C)C)CC2)s1. The van der Waals surface area contributed by atoms with Crippen LogP contribution in [0.4, 0.5) is 0 Å². The van der Waals surface area contributed by atoms with Crippen LogP contribution in [0.2, 0.25) is 0 Å². The molecule has 0 saturated carbocycles. The van der Waals surface area contributed by atoms with E-state index in [-0.39, 0.29) is 17.9 Å². The van der Waals surface area contributed by atoms with Gasteiger partial charge in [0.2, 0.25) is 0 Å². The van der Waals surface area contributed by atoms with Crippen molar-refractivity contribution in [2.45, 2.75) is 84.8 Å². The second-order valence-electron chi connectivity index (χ2n) is 15.2. The van der Waals surface area contributed by atoms with Crippen LogP contribution in [-0.2, 0) is 19.5 Å². The summed E-state index contributed by atoms with van der Waals surface area (Å²) in [5, 5.41) is 0. The largest absolute Gasteiger partial charge is 0.336 e. The highest BCUT2D eigenvalue weighted by atomic mass is 32.1. The number of carbonyl (C=O) groups is 2. The Morgan fingerprint density at radius 1 is 0.750 bits per heavy atom. The van der Waals surface area contributed by atoms with Crippen molar-refractivity contribution in [3.05, 3.63) is 117 Å². The summed E-state index contributed by atoms with van der Waals surface area (Å²) in [6.07, 6.45) is 7.94. The topological polar surface area (TPSA) is 47.1 Å². The molecule has 4 aromatic rings. The molecule has 7 heteroatoms. The van der Waals surface area contributed by atoms with Crippen LogP contribution in [-0.4, -0.2) is 83.3 Å². The number of unbranched alkanes of at least 4 members (excludes halogenated alkanes) is 2. The number of carbonyl (C=O) groups excluding carboxylic acids is 2. The highest BCUT2D eigenvalue weighted by molar-refractivity contribution is 7.14. The molecule has 0 unspecified atom stereocenters. The van der Waals surface area contributed by atoms with Crippen molar-refractivity contribution in [2.24, 2.45) is 5.92 Å². The average molecular weight is 719 g/mol. The van der Waals surface area contributed by atoms with Gasteiger partial charge in [0, 0.05) is 68.8 Å². The first kappa shape index (κ1) is 38.0. The van der Waals surface area contributed by atoms with Crippen molar-refractivity contribution in [3.8, 4) is 11.1 Å². The predicted octanol–water partition coefficient (Wildman–Crippen LogP) is 9.26. The van der Waals surface area contributed by atoms with E-state index in [4.69, 9.17) is 0 Å². The molecule has 0 spiro atoms. The molecule has 2 saturated heterocycles. The standard InChI is InChI=1S/C45H58N4O2S/c1-4-5-7-12-42-21-22-43(52-42)45(51)49(41-24-27-46(28-25-41)26-23-35(2)3)34-37-13-15-38(16-14-37)39-17-19-40(20-18-39)44(50)48-31-29-47(30-32-48)33-36-10-8-6-9-11-36/h6,8-11,13-22,35,41H,4-5,7,12,23-34H2,1-3H3. The van der Waals surface area contributed by atoms with E-state index in [1.165, 1.54) is 36.1 Å². The number of benzene rings is 3. The Morgan fingerprint density at radius 3 is 2.08 bits per heavy atom. The van der Waals surface area contributed by atoms with Gasteiger partial charge >= 0.3 is 0 Å². The summed E-state index contributed by atoms with van der Waals surface area (Å²) in [5.74, 6) is 0.992. The van der Waals surface area contributed by atoms with Gasteiger partial charge in [-0.1, -0.05) is 100 Å². The van der Waals surface area contributed by atoms with Gasteiger partial charge in [-0.2, -0.15) is 0 Å². The fourth-order valence-corrected chi connectivity index (χ4v) is 8.52. The fraction of sp³-hybridized carbons (Fsp3) is 0.467. The Bertz CT molecular complexity index is 1690. The van der Waals surface area contributed by atoms with Crippen LogP contribution in [0.3, 0.4) is 0 Å². The van der Waals surface area contributed by atoms with Crippen LogP contribution in [0.25, 0.3) is 11.1 Å². The van der Waals surface area contributed by atoms with Gasteiger partial charge in [0.1, 0.15) is 0 Å². The second-order valence-corrected chi connectivity index (χ2v) is 16.4. The number of amides is 2. The highest BCUT2D eigenvalue weighted by Gasteiger charge is 2.30. The quantitative estimate of drug-likeness (QED) is 0.115. The predicted molar refractivity (Wildman–Crippen MR) is 216 cm³/mol. The molecule has 0 radical (unpaired) electrons. The summed E-state index contributed by atoms with van der Waals surface area (Å²) >= 11 is 1.69. The van der Waals surface area contributed by atoms with E-state index < -0.39 is 0 Å². The van der Waals surface area contributed by atoms with Crippen LogP contribution >= 0.6 is 11.3 Å². The van der Waals surface area contributed by atoms with E-state index in [2.05, 4.69) is 114 Å². The lowest BCUT2D eigenvalue weighted by molar-refractivity contribution is 0.0550. The Morgan fingerprint density at radius 2 is 1.42 bits per heavy atom. The number of thiophene rings is 1. The molecule has 6 nitrogen and oxygen atoms in total. The second kappa shape index (κ2) is 18.8. The first-order valence-corrected chi connectivity index (χ1v) is 20.5. The number of piperazine rings is 1. The molecule has 0 N–H and O–H groups in total. The van der Waals surface area contributed by atoms with Crippen molar-refractivity contribution in [3.63, 3.8) is 0 Å². The maximum Gasteiger partial charge on any atom is 0.264 e. The highest BCUT2D eigenvalue weighted by Crippen LogP contribution is 2.28. The first-order chi connectivity index (χ1) is 25.4. The number of aryl methyl sites for hydroxylation is 1. The molecule has 52 heavy (non-hydrogen) atoms. The normalized spacial score (nSPS) is 16.0. The molecule has 3 heterocycles. The minimum absolute atomic E-state index is 0.107. The van der Waals surface area contributed by atoms with Crippen molar-refractivity contribution in [1.82, 2.24) is 19.6 Å². The number of hydrogen-bond acceptors (Lipinski definition) is 5. The van der Waals surface area contributed by atoms with Crippen molar-refractivity contribution < 1.29 is 9.59 Å². The summed E-state index contributed by atoms with van der Waals surface area (Å²) in [7, 11) is 0. The average Bonchev–Trinajstić information content (AvgIpc) is 3.66. The maximum absolute atomic E-state index is 14.2. The van der Waals surface area contributed by atoms with Gasteiger partial charge < -0.3 is 14.7 Å². The molecule has 1 aromatic heterocycles. The molecule has 3 aromatic carbocycles. The summed E-state index contributed by atoms with van der Waals surface area (Å²) in [4.78, 5) is 38.9. The number of likely N-dealkylation sites (tertiary alicyclic amines) is 1. The third kappa shape index (κ3) is 10.4. The van der Waals surface area contributed by atoms with Gasteiger partial charge in [0.05, 0.1) is 4.88 Å². The minimum Gasteiger partial charge on any atom is -0.336 e. The monoisotopic (exact) mass is 718 g/mol. The minimum atomic E-state index is 0.107. The van der Waals surface area contributed by atoms with E-state index in [0.717, 1.165) is 98.8 Å². The zero-order valence-electron chi connectivity index (χ0n) is 31.6. The van der Waals surface area contributed by atoms with Gasteiger partial charge in [0.25, 0.3) is 11.8 Å². The van der Waals surface area contributed by atoms with E-state index in [9.17, 15) is 9.59 Å². The summed E-state index contributed by atoms with van der Waals surface area (Å²) in [6, 6.07) is 31.7. The molecule has 2 amide bonds. The van der Waals surface area contributed by atoms with Crippen molar-refractivity contribution in [1.29, 1.82) is 0 Å². The zero-order valence-corrected chi connectivity index (χ0v) is 32.5. The molecule has 0 bridgehead atoms. The van der Waals surface area contributed by atoms with E-state index in [1.54, 1.807) is 11.3 Å². The van der Waals surface area contributed by atoms with Gasteiger partial charge in [-0.05, 0) is 91.1 Å². The van der Waals surface area contributed by atoms with Gasteiger partial charge in [0.15, 0.2) is 0 Å². The molecule has 0 aliphatic carbocycles. The van der Waals surface area contributed by atoms with Crippen LogP contribution in [0.1, 0.15) is 95.3 Å². The van der Waals surface area contributed by atoms with Gasteiger partial charge in [-0.3, -0.25) is 14.5 Å². The zero-order chi connectivity index (χ0) is 36.3. The fourth-order valence-electron chi connectivity index (χ4n) is 7.52. The van der Waals surface area contributed by atoms with Crippen molar-refractivity contribution in [2.75, 3.05) is 45.8 Å². The summed E-state index contributed by atoms with van der Waals surface area (Å²) in [6.45, 7) is 14.9. The Hall–Kier alpha value is -3.78. The lowest BCUT2D eigenvalue weighted by Crippen LogP contribution is -2.48. The van der Waals surface area contributed by atoms with E-state index in [1.807, 2.05) is 17.0 Å². The number of rotatable bonds is 15. The third-order valence-corrected chi connectivity index (χ3v) is 12.0. The lowest BCUT2D eigenvalue weighted by atomic mass is 9.99. The maximum atomic E-state index is 14.2. The first-order valence-electron chi connectivity index (χ1n) is 19.7. The Balaban J connectivity index is 1.07. The molecular formula is C45H58N4O2S. The Labute approximate surface area is 316 Å². The lowest BCUT2D eigenvalue weighted by Gasteiger charge is -2.38. The molecule has 2 fully saturated rings. The van der Waals surface area contributed by atoms with E-state index >= 15 is 0 Å². The molecule has 2 aliphatic rings.